The first-order valence-electron chi connectivity index (χ1n) is 8.24. The lowest BCUT2D eigenvalue weighted by atomic mass is 10.2. The van der Waals surface area contributed by atoms with Crippen molar-refractivity contribution in [3.05, 3.63) is 60.4 Å². The molecule has 126 valence electrons. The van der Waals surface area contributed by atoms with Crippen LogP contribution in [0, 0.1) is 5.82 Å². The smallest absolute Gasteiger partial charge is 0.241 e. The molecule has 1 atom stereocenters. The first-order valence-corrected chi connectivity index (χ1v) is 8.24. The normalized spacial score (nSPS) is 16.7. The Hall–Kier alpha value is -2.40. The zero-order chi connectivity index (χ0) is 16.9. The second-order valence-corrected chi connectivity index (χ2v) is 6.03. The Morgan fingerprint density at radius 3 is 2.25 bits per heavy atom. The van der Waals surface area contributed by atoms with Gasteiger partial charge in [0.15, 0.2) is 0 Å². The molecule has 3 rings (SSSR count). The van der Waals surface area contributed by atoms with E-state index in [2.05, 4.69) is 27.2 Å². The molecule has 2 aromatic carbocycles. The van der Waals surface area contributed by atoms with Crippen LogP contribution in [-0.4, -0.2) is 43.0 Å². The van der Waals surface area contributed by atoms with Crippen molar-refractivity contribution in [1.29, 1.82) is 0 Å². The molecule has 1 aliphatic rings. The number of carbonyl (C=O) groups excluding carboxylic acids is 1. The lowest BCUT2D eigenvalue weighted by Crippen LogP contribution is -2.52. The Labute approximate surface area is 141 Å². The van der Waals surface area contributed by atoms with Gasteiger partial charge in [0.05, 0.1) is 6.04 Å². The molecule has 1 amide bonds. The topological polar surface area (TPSA) is 35.6 Å². The number of rotatable bonds is 4. The van der Waals surface area contributed by atoms with Gasteiger partial charge in [0.1, 0.15) is 5.82 Å². The third-order valence-corrected chi connectivity index (χ3v) is 4.47. The third kappa shape index (κ3) is 3.92. The fraction of sp³-hybridized carbons (Fsp3) is 0.316. The van der Waals surface area contributed by atoms with Crippen LogP contribution in [0.5, 0.6) is 0 Å². The van der Waals surface area contributed by atoms with Gasteiger partial charge in [-0.05, 0) is 43.3 Å². The summed E-state index contributed by atoms with van der Waals surface area (Å²) in [4.78, 5) is 16.9. The first kappa shape index (κ1) is 16.5. The molecule has 1 heterocycles. The van der Waals surface area contributed by atoms with Crippen molar-refractivity contribution >= 4 is 17.3 Å². The zero-order valence-corrected chi connectivity index (χ0v) is 13.8. The zero-order valence-electron chi connectivity index (χ0n) is 13.8. The highest BCUT2D eigenvalue weighted by Gasteiger charge is 2.25. The molecule has 0 radical (unpaired) electrons. The van der Waals surface area contributed by atoms with Crippen LogP contribution >= 0.6 is 0 Å². The number of para-hydroxylation sites is 1. The van der Waals surface area contributed by atoms with Crippen LogP contribution in [0.1, 0.15) is 6.92 Å². The number of halogens is 1. The predicted molar refractivity (Wildman–Crippen MR) is 94.7 cm³/mol. The molecule has 0 spiro atoms. The number of piperazine rings is 1. The summed E-state index contributed by atoms with van der Waals surface area (Å²) in [7, 11) is 0. The lowest BCUT2D eigenvalue weighted by molar-refractivity contribution is -0.120. The van der Waals surface area contributed by atoms with Crippen LogP contribution in [0.2, 0.25) is 0 Å². The van der Waals surface area contributed by atoms with Crippen LogP contribution < -0.4 is 10.2 Å². The van der Waals surface area contributed by atoms with Gasteiger partial charge in [-0.2, -0.15) is 0 Å². The molecule has 1 saturated heterocycles. The molecule has 24 heavy (non-hydrogen) atoms. The largest absolute Gasteiger partial charge is 0.369 e. The first-order chi connectivity index (χ1) is 11.6. The molecule has 1 N–H and O–H groups in total. The molecule has 0 aliphatic carbocycles. The van der Waals surface area contributed by atoms with Crippen molar-refractivity contribution < 1.29 is 9.18 Å². The third-order valence-electron chi connectivity index (χ3n) is 4.47. The van der Waals surface area contributed by atoms with E-state index < -0.39 is 0 Å². The van der Waals surface area contributed by atoms with E-state index in [1.54, 1.807) is 12.1 Å². The molecular formula is C19H22FN3O. The number of hydrogen-bond donors (Lipinski definition) is 1. The fourth-order valence-corrected chi connectivity index (χ4v) is 2.95. The molecular weight excluding hydrogens is 305 g/mol. The SMILES string of the molecule is C[C@@H](C(=O)Nc1ccc(F)cc1)N1CCN(c2ccccc2)CC1. The van der Waals surface area contributed by atoms with Crippen LogP contribution in [0.4, 0.5) is 15.8 Å². The van der Waals surface area contributed by atoms with Crippen molar-refractivity contribution in [3.63, 3.8) is 0 Å². The summed E-state index contributed by atoms with van der Waals surface area (Å²) in [5, 5.41) is 2.85. The van der Waals surface area contributed by atoms with Gasteiger partial charge >= 0.3 is 0 Å². The highest BCUT2D eigenvalue weighted by Crippen LogP contribution is 2.17. The Bertz CT molecular complexity index is 667. The predicted octanol–water partition coefficient (Wildman–Crippen LogP) is 2.97. The second-order valence-electron chi connectivity index (χ2n) is 6.03. The lowest BCUT2D eigenvalue weighted by Gasteiger charge is -2.38. The minimum absolute atomic E-state index is 0.0604. The van der Waals surface area contributed by atoms with Crippen molar-refractivity contribution in [1.82, 2.24) is 4.90 Å². The van der Waals surface area contributed by atoms with E-state index in [1.807, 2.05) is 25.1 Å². The van der Waals surface area contributed by atoms with Gasteiger partial charge < -0.3 is 10.2 Å². The highest BCUT2D eigenvalue weighted by atomic mass is 19.1. The Morgan fingerprint density at radius 2 is 1.62 bits per heavy atom. The Kier molecular flexibility index (Phi) is 5.11. The van der Waals surface area contributed by atoms with Gasteiger partial charge in [0, 0.05) is 37.6 Å². The average molecular weight is 327 g/mol. The van der Waals surface area contributed by atoms with Gasteiger partial charge in [0.25, 0.3) is 0 Å². The molecule has 0 aromatic heterocycles. The maximum Gasteiger partial charge on any atom is 0.241 e. The Balaban J connectivity index is 1.53. The number of nitrogens with zero attached hydrogens (tertiary/aromatic N) is 2. The van der Waals surface area contributed by atoms with Gasteiger partial charge in [-0.25, -0.2) is 4.39 Å². The molecule has 2 aromatic rings. The summed E-state index contributed by atoms with van der Waals surface area (Å²) in [6.45, 7) is 5.40. The quantitative estimate of drug-likeness (QED) is 0.938. The standard InChI is InChI=1S/C19H22FN3O/c1-15(19(24)21-17-9-7-16(20)8-10-17)22-11-13-23(14-12-22)18-5-3-2-4-6-18/h2-10,15H,11-14H2,1H3,(H,21,24)/t15-/m0/s1. The monoisotopic (exact) mass is 327 g/mol. The van der Waals surface area contributed by atoms with Crippen molar-refractivity contribution in [2.45, 2.75) is 13.0 Å². The van der Waals surface area contributed by atoms with E-state index in [9.17, 15) is 9.18 Å². The fourth-order valence-electron chi connectivity index (χ4n) is 2.95. The molecule has 0 bridgehead atoms. The molecule has 4 nitrogen and oxygen atoms in total. The number of amides is 1. The van der Waals surface area contributed by atoms with Gasteiger partial charge in [-0.15, -0.1) is 0 Å². The van der Waals surface area contributed by atoms with Crippen LogP contribution in [0.15, 0.2) is 54.6 Å². The van der Waals surface area contributed by atoms with Crippen LogP contribution in [0.25, 0.3) is 0 Å². The Morgan fingerprint density at radius 1 is 1.00 bits per heavy atom. The van der Waals surface area contributed by atoms with Gasteiger partial charge in [-0.3, -0.25) is 9.69 Å². The van der Waals surface area contributed by atoms with Crippen LogP contribution in [0.3, 0.4) is 0 Å². The van der Waals surface area contributed by atoms with Crippen molar-refractivity contribution in [3.8, 4) is 0 Å². The van der Waals surface area contributed by atoms with E-state index in [-0.39, 0.29) is 17.8 Å². The van der Waals surface area contributed by atoms with Gasteiger partial charge in [-0.1, -0.05) is 18.2 Å². The maximum absolute atomic E-state index is 12.9. The summed E-state index contributed by atoms with van der Waals surface area (Å²) < 4.78 is 12.9. The molecule has 5 heteroatoms. The molecule has 0 saturated carbocycles. The maximum atomic E-state index is 12.9. The number of anilines is 2. The minimum atomic E-state index is -0.307. The number of nitrogens with one attached hydrogen (secondary N) is 1. The molecule has 0 unspecified atom stereocenters. The molecule has 1 fully saturated rings. The minimum Gasteiger partial charge on any atom is -0.369 e. The second kappa shape index (κ2) is 7.45. The highest BCUT2D eigenvalue weighted by molar-refractivity contribution is 5.94. The van der Waals surface area contributed by atoms with E-state index >= 15 is 0 Å². The van der Waals surface area contributed by atoms with E-state index in [0.29, 0.717) is 5.69 Å². The number of hydrogen-bond acceptors (Lipinski definition) is 3. The summed E-state index contributed by atoms with van der Waals surface area (Å²) in [5.41, 5.74) is 1.84. The summed E-state index contributed by atoms with van der Waals surface area (Å²) in [5.74, 6) is -0.368. The van der Waals surface area contributed by atoms with Gasteiger partial charge in [0.2, 0.25) is 5.91 Å². The van der Waals surface area contributed by atoms with Crippen LogP contribution in [-0.2, 0) is 4.79 Å². The summed E-state index contributed by atoms with van der Waals surface area (Å²) in [6, 6.07) is 16.0. The number of benzene rings is 2. The van der Waals surface area contributed by atoms with E-state index in [1.165, 1.54) is 17.8 Å². The van der Waals surface area contributed by atoms with Crippen molar-refractivity contribution in [2.24, 2.45) is 0 Å². The number of carbonyl (C=O) groups is 1. The van der Waals surface area contributed by atoms with Crippen molar-refractivity contribution in [2.75, 3.05) is 36.4 Å². The summed E-state index contributed by atoms with van der Waals surface area (Å²) >= 11 is 0. The summed E-state index contributed by atoms with van der Waals surface area (Å²) in [6.07, 6.45) is 0. The van der Waals surface area contributed by atoms with E-state index in [4.69, 9.17) is 0 Å². The average Bonchev–Trinajstić information content (AvgIpc) is 2.64. The molecule has 1 aliphatic heterocycles. The van der Waals surface area contributed by atoms with E-state index in [0.717, 1.165) is 26.2 Å².